The number of hydrogen-bond acceptors (Lipinski definition) is 1. The van der Waals surface area contributed by atoms with Gasteiger partial charge in [-0.05, 0) is 42.3 Å². The van der Waals surface area contributed by atoms with E-state index in [0.717, 1.165) is 10.7 Å². The molecule has 3 rings (SSSR count). The standard InChI is InChI=1S/C22H20ClN/c1-17-7-9-18(10-8-17)11-16-22(19-5-3-2-4-6-19)24-21-14-12-20(23)13-15-21/h2-16,22,24H,1H3. The highest BCUT2D eigenvalue weighted by Gasteiger charge is 2.07. The van der Waals surface area contributed by atoms with Crippen LogP contribution < -0.4 is 5.32 Å². The van der Waals surface area contributed by atoms with Crippen LogP contribution in [-0.4, -0.2) is 0 Å². The number of aryl methyl sites for hydroxylation is 1. The van der Waals surface area contributed by atoms with Crippen molar-refractivity contribution in [3.8, 4) is 0 Å². The molecule has 2 heteroatoms. The lowest BCUT2D eigenvalue weighted by Gasteiger charge is -2.17. The zero-order valence-corrected chi connectivity index (χ0v) is 14.4. The van der Waals surface area contributed by atoms with Crippen LogP contribution in [-0.2, 0) is 0 Å². The molecule has 0 saturated heterocycles. The molecule has 0 saturated carbocycles. The third-order valence-corrected chi connectivity index (χ3v) is 4.14. The minimum atomic E-state index is 0.0914. The van der Waals surface area contributed by atoms with Crippen molar-refractivity contribution in [2.24, 2.45) is 0 Å². The Balaban J connectivity index is 1.84. The van der Waals surface area contributed by atoms with Crippen LogP contribution in [0.5, 0.6) is 0 Å². The fourth-order valence-electron chi connectivity index (χ4n) is 2.51. The molecule has 0 aliphatic carbocycles. The average Bonchev–Trinajstić information content (AvgIpc) is 2.62. The van der Waals surface area contributed by atoms with Crippen LogP contribution in [0.4, 0.5) is 5.69 Å². The first-order valence-corrected chi connectivity index (χ1v) is 8.40. The summed E-state index contributed by atoms with van der Waals surface area (Å²) in [7, 11) is 0. The van der Waals surface area contributed by atoms with Crippen molar-refractivity contribution in [2.45, 2.75) is 13.0 Å². The highest BCUT2D eigenvalue weighted by atomic mass is 35.5. The van der Waals surface area contributed by atoms with E-state index < -0.39 is 0 Å². The third-order valence-electron chi connectivity index (χ3n) is 3.88. The zero-order chi connectivity index (χ0) is 16.8. The van der Waals surface area contributed by atoms with Gasteiger partial charge in [0.25, 0.3) is 0 Å². The van der Waals surface area contributed by atoms with Crippen molar-refractivity contribution in [3.05, 3.63) is 107 Å². The van der Waals surface area contributed by atoms with Crippen LogP contribution in [0.15, 0.2) is 84.9 Å². The van der Waals surface area contributed by atoms with Gasteiger partial charge in [0.05, 0.1) is 6.04 Å². The first-order chi connectivity index (χ1) is 11.7. The van der Waals surface area contributed by atoms with E-state index in [-0.39, 0.29) is 6.04 Å². The highest BCUT2D eigenvalue weighted by Crippen LogP contribution is 2.23. The molecule has 0 aromatic heterocycles. The fraction of sp³-hybridized carbons (Fsp3) is 0.0909. The van der Waals surface area contributed by atoms with Crippen LogP contribution in [0.2, 0.25) is 5.02 Å². The Kier molecular flexibility index (Phi) is 5.35. The molecule has 0 aliphatic rings. The van der Waals surface area contributed by atoms with Gasteiger partial charge in [-0.25, -0.2) is 0 Å². The maximum Gasteiger partial charge on any atom is 0.0701 e. The first kappa shape index (κ1) is 16.4. The smallest absolute Gasteiger partial charge is 0.0701 e. The minimum absolute atomic E-state index is 0.0914. The van der Waals surface area contributed by atoms with E-state index >= 15 is 0 Å². The molecule has 0 fully saturated rings. The van der Waals surface area contributed by atoms with Gasteiger partial charge < -0.3 is 5.32 Å². The summed E-state index contributed by atoms with van der Waals surface area (Å²) in [6.45, 7) is 2.10. The molecule has 0 spiro atoms. The maximum absolute atomic E-state index is 5.98. The Morgan fingerprint density at radius 3 is 2.17 bits per heavy atom. The van der Waals surface area contributed by atoms with E-state index in [4.69, 9.17) is 11.6 Å². The minimum Gasteiger partial charge on any atom is -0.375 e. The van der Waals surface area contributed by atoms with E-state index in [1.54, 1.807) is 0 Å². The zero-order valence-electron chi connectivity index (χ0n) is 13.6. The summed E-state index contributed by atoms with van der Waals surface area (Å²) >= 11 is 5.98. The lowest BCUT2D eigenvalue weighted by Crippen LogP contribution is -2.07. The monoisotopic (exact) mass is 333 g/mol. The normalized spacial score (nSPS) is 12.2. The Morgan fingerprint density at radius 1 is 0.833 bits per heavy atom. The van der Waals surface area contributed by atoms with Crippen molar-refractivity contribution in [1.82, 2.24) is 0 Å². The van der Waals surface area contributed by atoms with E-state index in [0.29, 0.717) is 0 Å². The first-order valence-electron chi connectivity index (χ1n) is 8.03. The summed E-state index contributed by atoms with van der Waals surface area (Å²) in [6, 6.07) is 26.8. The molecule has 3 aromatic rings. The van der Waals surface area contributed by atoms with Crippen LogP contribution in [0.3, 0.4) is 0 Å². The molecule has 0 aliphatic heterocycles. The number of nitrogens with one attached hydrogen (secondary N) is 1. The fourth-order valence-corrected chi connectivity index (χ4v) is 2.64. The van der Waals surface area contributed by atoms with Crippen LogP contribution in [0, 0.1) is 6.92 Å². The summed E-state index contributed by atoms with van der Waals surface area (Å²) in [5.74, 6) is 0. The van der Waals surface area contributed by atoms with Crippen molar-refractivity contribution >= 4 is 23.4 Å². The van der Waals surface area contributed by atoms with E-state index in [9.17, 15) is 0 Å². The second-order valence-electron chi connectivity index (χ2n) is 5.81. The van der Waals surface area contributed by atoms with Gasteiger partial charge in [-0.15, -0.1) is 0 Å². The summed E-state index contributed by atoms with van der Waals surface area (Å²) in [5.41, 5.74) is 4.73. The van der Waals surface area contributed by atoms with Crippen LogP contribution in [0.1, 0.15) is 22.7 Å². The maximum atomic E-state index is 5.98. The molecule has 24 heavy (non-hydrogen) atoms. The van der Waals surface area contributed by atoms with Gasteiger partial charge in [0.1, 0.15) is 0 Å². The summed E-state index contributed by atoms with van der Waals surface area (Å²) in [4.78, 5) is 0. The largest absolute Gasteiger partial charge is 0.375 e. The second-order valence-corrected chi connectivity index (χ2v) is 6.25. The quantitative estimate of drug-likeness (QED) is 0.560. The van der Waals surface area contributed by atoms with Crippen molar-refractivity contribution in [3.63, 3.8) is 0 Å². The lowest BCUT2D eigenvalue weighted by atomic mass is 10.0. The van der Waals surface area contributed by atoms with Gasteiger partial charge in [0.2, 0.25) is 0 Å². The molecule has 1 N–H and O–H groups in total. The van der Waals surface area contributed by atoms with Gasteiger partial charge in [0.15, 0.2) is 0 Å². The molecule has 1 nitrogen and oxygen atoms in total. The van der Waals surface area contributed by atoms with E-state index in [1.165, 1.54) is 16.7 Å². The van der Waals surface area contributed by atoms with Gasteiger partial charge in [-0.2, -0.15) is 0 Å². The molecule has 0 radical (unpaired) electrons. The molecule has 0 bridgehead atoms. The average molecular weight is 334 g/mol. The molecule has 120 valence electrons. The highest BCUT2D eigenvalue weighted by molar-refractivity contribution is 6.30. The Labute approximate surface area is 148 Å². The Hall–Kier alpha value is -2.51. The van der Waals surface area contributed by atoms with Crippen LogP contribution in [0.25, 0.3) is 6.08 Å². The van der Waals surface area contributed by atoms with Gasteiger partial charge in [-0.3, -0.25) is 0 Å². The Bertz CT molecular complexity index is 790. The van der Waals surface area contributed by atoms with E-state index in [1.807, 2.05) is 30.3 Å². The number of anilines is 1. The van der Waals surface area contributed by atoms with Crippen molar-refractivity contribution < 1.29 is 0 Å². The topological polar surface area (TPSA) is 12.0 Å². The van der Waals surface area contributed by atoms with Crippen molar-refractivity contribution in [1.29, 1.82) is 0 Å². The molecular formula is C22H20ClN. The van der Waals surface area contributed by atoms with Gasteiger partial charge in [0, 0.05) is 10.7 Å². The molecule has 3 aromatic carbocycles. The number of halogens is 1. The van der Waals surface area contributed by atoms with Crippen molar-refractivity contribution in [2.75, 3.05) is 5.32 Å². The number of hydrogen-bond donors (Lipinski definition) is 1. The molecule has 1 unspecified atom stereocenters. The Morgan fingerprint density at radius 2 is 1.50 bits per heavy atom. The molecular weight excluding hydrogens is 314 g/mol. The lowest BCUT2D eigenvalue weighted by molar-refractivity contribution is 0.990. The van der Waals surface area contributed by atoms with Gasteiger partial charge >= 0.3 is 0 Å². The van der Waals surface area contributed by atoms with Gasteiger partial charge in [-0.1, -0.05) is 83.9 Å². The van der Waals surface area contributed by atoms with Crippen LogP contribution >= 0.6 is 11.6 Å². The summed E-state index contributed by atoms with van der Waals surface area (Å²) < 4.78 is 0. The SMILES string of the molecule is Cc1ccc(C=CC(Nc2ccc(Cl)cc2)c2ccccc2)cc1. The third kappa shape index (κ3) is 4.50. The molecule has 0 heterocycles. The predicted octanol–water partition coefficient (Wildman–Crippen LogP) is 6.52. The van der Waals surface area contributed by atoms with E-state index in [2.05, 4.69) is 72.9 Å². The molecule has 0 amide bonds. The number of benzene rings is 3. The number of rotatable bonds is 5. The predicted molar refractivity (Wildman–Crippen MR) is 104 cm³/mol. The molecule has 1 atom stereocenters. The summed E-state index contributed by atoms with van der Waals surface area (Å²) in [5, 5.41) is 4.30. The summed E-state index contributed by atoms with van der Waals surface area (Å²) in [6.07, 6.45) is 4.34. The second kappa shape index (κ2) is 7.85.